The van der Waals surface area contributed by atoms with Crippen LogP contribution in [0.15, 0.2) is 58.1 Å². The van der Waals surface area contributed by atoms with Gasteiger partial charge in [-0.2, -0.15) is 0 Å². The Morgan fingerprint density at radius 1 is 1.07 bits per heavy atom. The quantitative estimate of drug-likeness (QED) is 0.499. The lowest BCUT2D eigenvalue weighted by Gasteiger charge is -2.02. The molecule has 6 nitrogen and oxygen atoms in total. The van der Waals surface area contributed by atoms with Crippen LogP contribution in [0.2, 0.25) is 0 Å². The van der Waals surface area contributed by atoms with Gasteiger partial charge in [0.05, 0.1) is 10.8 Å². The van der Waals surface area contributed by atoms with E-state index in [1.54, 1.807) is 18.2 Å². The van der Waals surface area contributed by atoms with E-state index in [1.165, 1.54) is 17.8 Å². The average Bonchev–Trinajstić information content (AvgIpc) is 3.33. The van der Waals surface area contributed by atoms with Crippen molar-refractivity contribution in [3.63, 3.8) is 0 Å². The number of benzene rings is 2. The number of halogens is 1. The highest BCUT2D eigenvalue weighted by molar-refractivity contribution is 7.99. The van der Waals surface area contributed by atoms with Crippen molar-refractivity contribution >= 4 is 11.8 Å². The Morgan fingerprint density at radius 2 is 1.85 bits per heavy atom. The molecule has 0 aliphatic heterocycles. The number of thioether (sulfide) groups is 1. The summed E-state index contributed by atoms with van der Waals surface area (Å²) in [5, 5.41) is 15.5. The molecule has 0 aliphatic carbocycles. The molecule has 27 heavy (non-hydrogen) atoms. The van der Waals surface area contributed by atoms with E-state index in [0.717, 1.165) is 11.1 Å². The van der Waals surface area contributed by atoms with Crippen LogP contribution in [0.1, 0.15) is 23.6 Å². The van der Waals surface area contributed by atoms with Gasteiger partial charge in [0.2, 0.25) is 16.9 Å². The zero-order valence-corrected chi connectivity index (χ0v) is 15.5. The topological polar surface area (TPSA) is 80.5 Å². The molecule has 2 aromatic carbocycles. The maximum absolute atomic E-state index is 13.9. The molecule has 8 heteroatoms. The largest absolute Gasteiger partial charge is 0.419 e. The maximum Gasteiger partial charge on any atom is 0.247 e. The smallest absolute Gasteiger partial charge is 0.247 e. The van der Waals surface area contributed by atoms with Gasteiger partial charge < -0.3 is 4.42 Å². The van der Waals surface area contributed by atoms with Crippen molar-refractivity contribution in [2.75, 3.05) is 0 Å². The third-order valence-electron chi connectivity index (χ3n) is 3.96. The molecule has 0 saturated carbocycles. The van der Waals surface area contributed by atoms with Crippen LogP contribution in [0.4, 0.5) is 4.39 Å². The van der Waals surface area contributed by atoms with E-state index in [1.807, 2.05) is 38.1 Å². The Hall–Kier alpha value is -3.00. The van der Waals surface area contributed by atoms with Gasteiger partial charge in [-0.1, -0.05) is 41.6 Å². The van der Waals surface area contributed by atoms with E-state index < -0.39 is 0 Å². The minimum Gasteiger partial charge on any atom is -0.419 e. The summed E-state index contributed by atoms with van der Waals surface area (Å²) in [5.74, 6) is 0.985. The second-order valence-corrected chi connectivity index (χ2v) is 7.33. The first kappa shape index (κ1) is 17.4. The Balaban J connectivity index is 1.49. The van der Waals surface area contributed by atoms with Gasteiger partial charge in [-0.05, 0) is 38.1 Å². The number of hydrogen-bond donors (Lipinski definition) is 1. The summed E-state index contributed by atoms with van der Waals surface area (Å²) < 4.78 is 19.7. The molecule has 1 N–H and O–H groups in total. The molecular weight excluding hydrogens is 365 g/mol. The van der Waals surface area contributed by atoms with Gasteiger partial charge in [-0.15, -0.1) is 15.3 Å². The molecule has 4 aromatic rings. The lowest BCUT2D eigenvalue weighted by molar-refractivity contribution is 0.509. The van der Waals surface area contributed by atoms with Crippen LogP contribution >= 0.6 is 11.8 Å². The fourth-order valence-corrected chi connectivity index (χ4v) is 3.25. The van der Waals surface area contributed by atoms with Crippen molar-refractivity contribution in [3.05, 3.63) is 65.8 Å². The molecule has 0 amide bonds. The van der Waals surface area contributed by atoms with Crippen molar-refractivity contribution < 1.29 is 8.81 Å². The van der Waals surface area contributed by atoms with E-state index >= 15 is 0 Å². The zero-order chi connectivity index (χ0) is 18.8. The Bertz CT molecular complexity index is 1060. The molecule has 136 valence electrons. The highest BCUT2D eigenvalue weighted by Crippen LogP contribution is 2.34. The average molecular weight is 381 g/mol. The lowest BCUT2D eigenvalue weighted by Crippen LogP contribution is -1.90. The summed E-state index contributed by atoms with van der Waals surface area (Å²) >= 11 is 1.36. The highest BCUT2D eigenvalue weighted by atomic mass is 32.2. The Labute approximate surface area is 159 Å². The molecule has 0 spiro atoms. The second-order valence-electron chi connectivity index (χ2n) is 6.02. The minimum absolute atomic E-state index is 0.152. The van der Waals surface area contributed by atoms with Crippen molar-refractivity contribution in [2.45, 2.75) is 24.3 Å². The number of aryl methyl sites for hydroxylation is 1. The van der Waals surface area contributed by atoms with Crippen LogP contribution < -0.4 is 0 Å². The minimum atomic E-state index is -0.349. The number of nitrogens with zero attached hydrogens (tertiary/aromatic N) is 4. The fraction of sp³-hybridized carbons (Fsp3) is 0.158. The van der Waals surface area contributed by atoms with Gasteiger partial charge >= 0.3 is 0 Å². The van der Waals surface area contributed by atoms with Crippen molar-refractivity contribution in [1.82, 2.24) is 25.4 Å². The molecule has 2 heterocycles. The summed E-state index contributed by atoms with van der Waals surface area (Å²) in [4.78, 5) is 4.35. The van der Waals surface area contributed by atoms with E-state index in [0.29, 0.717) is 28.3 Å². The molecule has 0 saturated heterocycles. The first-order chi connectivity index (χ1) is 13.1. The molecule has 1 atom stereocenters. The van der Waals surface area contributed by atoms with Gasteiger partial charge in [-0.3, -0.25) is 5.10 Å². The summed E-state index contributed by atoms with van der Waals surface area (Å²) in [6.45, 7) is 3.95. The van der Waals surface area contributed by atoms with Gasteiger partial charge in [0, 0.05) is 5.56 Å². The predicted octanol–water partition coefficient (Wildman–Crippen LogP) is 4.82. The van der Waals surface area contributed by atoms with Crippen molar-refractivity contribution in [1.29, 1.82) is 0 Å². The third-order valence-corrected chi connectivity index (χ3v) is 4.91. The van der Waals surface area contributed by atoms with Gasteiger partial charge in [-0.25, -0.2) is 9.37 Å². The second kappa shape index (κ2) is 7.32. The molecule has 0 radical (unpaired) electrons. The maximum atomic E-state index is 13.9. The van der Waals surface area contributed by atoms with Crippen LogP contribution in [-0.4, -0.2) is 25.4 Å². The molecule has 0 unspecified atom stereocenters. The first-order valence-electron chi connectivity index (χ1n) is 8.34. The summed E-state index contributed by atoms with van der Waals surface area (Å²) in [7, 11) is 0. The number of aromatic nitrogens is 5. The molecule has 2 aromatic heterocycles. The summed E-state index contributed by atoms with van der Waals surface area (Å²) in [6, 6.07) is 14.3. The van der Waals surface area contributed by atoms with Crippen molar-refractivity contribution in [3.8, 4) is 22.8 Å². The molecule has 4 rings (SSSR count). The molecule has 0 aliphatic rings. The van der Waals surface area contributed by atoms with Gasteiger partial charge in [0.15, 0.2) is 5.82 Å². The first-order valence-corrected chi connectivity index (χ1v) is 9.22. The molecule has 0 bridgehead atoms. The van der Waals surface area contributed by atoms with E-state index in [-0.39, 0.29) is 11.1 Å². The SMILES string of the molecule is Cc1ccc(-c2nnc([C@H](C)Sc3n[nH]c(-c4ccccc4F)n3)o2)cc1. The van der Waals surface area contributed by atoms with Crippen LogP contribution in [0.25, 0.3) is 22.8 Å². The third kappa shape index (κ3) is 3.75. The monoisotopic (exact) mass is 381 g/mol. The van der Waals surface area contributed by atoms with Crippen molar-refractivity contribution in [2.24, 2.45) is 0 Å². The lowest BCUT2D eigenvalue weighted by atomic mass is 10.1. The van der Waals surface area contributed by atoms with E-state index in [4.69, 9.17) is 4.42 Å². The molecular formula is C19H16FN5OS. The summed E-state index contributed by atoms with van der Waals surface area (Å²) in [5.41, 5.74) is 2.41. The number of nitrogens with one attached hydrogen (secondary N) is 1. The standard InChI is InChI=1S/C19H16FN5OS/c1-11-7-9-13(10-8-11)18-24-23-17(26-18)12(2)27-19-21-16(22-25-19)14-5-3-4-6-15(14)20/h3-10,12H,1-2H3,(H,21,22,25)/t12-/m0/s1. The number of rotatable bonds is 5. The normalized spacial score (nSPS) is 12.3. The number of H-pyrrole nitrogens is 1. The van der Waals surface area contributed by atoms with E-state index in [2.05, 4.69) is 25.4 Å². The van der Waals surface area contributed by atoms with Gasteiger partial charge in [0.1, 0.15) is 5.82 Å². The number of aromatic amines is 1. The van der Waals surface area contributed by atoms with Crippen LogP contribution in [0, 0.1) is 12.7 Å². The summed E-state index contributed by atoms with van der Waals surface area (Å²) in [6.07, 6.45) is 0. The predicted molar refractivity (Wildman–Crippen MR) is 101 cm³/mol. The van der Waals surface area contributed by atoms with Crippen LogP contribution in [0.5, 0.6) is 0 Å². The van der Waals surface area contributed by atoms with Crippen LogP contribution in [-0.2, 0) is 0 Å². The Morgan fingerprint density at radius 3 is 2.63 bits per heavy atom. The zero-order valence-electron chi connectivity index (χ0n) is 14.7. The van der Waals surface area contributed by atoms with Crippen LogP contribution in [0.3, 0.4) is 0 Å². The molecule has 0 fully saturated rings. The van der Waals surface area contributed by atoms with E-state index in [9.17, 15) is 4.39 Å². The Kier molecular flexibility index (Phi) is 4.72. The highest BCUT2D eigenvalue weighted by Gasteiger charge is 2.19. The fourth-order valence-electron chi connectivity index (χ4n) is 2.49. The number of hydrogen-bond acceptors (Lipinski definition) is 6. The van der Waals surface area contributed by atoms with Gasteiger partial charge in [0.25, 0.3) is 0 Å².